The molecule has 0 bridgehead atoms. The van der Waals surface area contributed by atoms with Gasteiger partial charge in [0.25, 0.3) is 0 Å². The second kappa shape index (κ2) is 6.94. The topological polar surface area (TPSA) is 53.6 Å². The van der Waals surface area contributed by atoms with E-state index in [1.165, 1.54) is 25.7 Å². The molecule has 5 heteroatoms. The molecule has 1 aliphatic rings. The number of nitrogens with one attached hydrogen (secondary N) is 2. The van der Waals surface area contributed by atoms with Gasteiger partial charge in [-0.3, -0.25) is 5.10 Å². The number of thioether (sulfide) groups is 1. The lowest BCUT2D eigenvalue weighted by Gasteiger charge is -2.42. The molecule has 3 atom stereocenters. The van der Waals surface area contributed by atoms with Gasteiger partial charge in [-0.1, -0.05) is 45.9 Å². The summed E-state index contributed by atoms with van der Waals surface area (Å²) in [6.07, 6.45) is 6.73. The molecule has 2 rings (SSSR count). The van der Waals surface area contributed by atoms with E-state index in [1.807, 2.05) is 11.8 Å². The summed E-state index contributed by atoms with van der Waals surface area (Å²) in [6.45, 7) is 10.4. The third kappa shape index (κ3) is 3.76. The molecule has 0 aromatic carbocycles. The smallest absolute Gasteiger partial charge is 0.183 e. The maximum atomic E-state index is 4.28. The van der Waals surface area contributed by atoms with Crippen LogP contribution in [0.15, 0.2) is 11.5 Å². The summed E-state index contributed by atoms with van der Waals surface area (Å²) in [5.74, 6) is 0.808. The molecule has 1 aromatic heterocycles. The fourth-order valence-corrected chi connectivity index (χ4v) is 4.37. The highest BCUT2D eigenvalue weighted by Crippen LogP contribution is 2.44. The SMILES string of the molecule is CCNC1CCC(C(C)(C)CC)CC1Sc1ncn[nH]1. The van der Waals surface area contributed by atoms with Crippen molar-refractivity contribution in [2.24, 2.45) is 11.3 Å². The average Bonchev–Trinajstić information content (AvgIpc) is 2.94. The van der Waals surface area contributed by atoms with Crippen LogP contribution in [0, 0.1) is 11.3 Å². The van der Waals surface area contributed by atoms with E-state index in [9.17, 15) is 0 Å². The third-order valence-corrected chi connectivity index (χ3v) is 6.17. The molecule has 1 fully saturated rings. The minimum Gasteiger partial charge on any atom is -0.313 e. The number of hydrogen-bond donors (Lipinski definition) is 2. The Balaban J connectivity index is 2.05. The maximum Gasteiger partial charge on any atom is 0.183 e. The van der Waals surface area contributed by atoms with E-state index in [1.54, 1.807) is 6.33 Å². The first kappa shape index (κ1) is 15.8. The molecule has 0 aliphatic heterocycles. The van der Waals surface area contributed by atoms with Gasteiger partial charge in [0.2, 0.25) is 0 Å². The van der Waals surface area contributed by atoms with Crippen LogP contribution in [-0.4, -0.2) is 33.0 Å². The van der Waals surface area contributed by atoms with Crippen molar-refractivity contribution in [1.29, 1.82) is 0 Å². The van der Waals surface area contributed by atoms with Crippen molar-refractivity contribution in [1.82, 2.24) is 20.5 Å². The fourth-order valence-electron chi connectivity index (χ4n) is 3.15. The quantitative estimate of drug-likeness (QED) is 0.844. The Kier molecular flexibility index (Phi) is 5.49. The summed E-state index contributed by atoms with van der Waals surface area (Å²) in [7, 11) is 0. The van der Waals surface area contributed by atoms with Crippen LogP contribution in [0.5, 0.6) is 0 Å². The van der Waals surface area contributed by atoms with Crippen molar-refractivity contribution < 1.29 is 0 Å². The van der Waals surface area contributed by atoms with Crippen molar-refractivity contribution in [2.75, 3.05) is 6.54 Å². The van der Waals surface area contributed by atoms with Crippen LogP contribution in [0.2, 0.25) is 0 Å². The summed E-state index contributed by atoms with van der Waals surface area (Å²) < 4.78 is 0. The molecule has 0 radical (unpaired) electrons. The Hall–Kier alpha value is -0.550. The number of aromatic nitrogens is 3. The number of nitrogens with zero attached hydrogens (tertiary/aromatic N) is 2. The van der Waals surface area contributed by atoms with Gasteiger partial charge in [0.15, 0.2) is 5.16 Å². The highest BCUT2D eigenvalue weighted by atomic mass is 32.2. The van der Waals surface area contributed by atoms with Crippen LogP contribution in [-0.2, 0) is 0 Å². The van der Waals surface area contributed by atoms with Gasteiger partial charge in [-0.15, -0.1) is 0 Å². The van der Waals surface area contributed by atoms with E-state index in [0.29, 0.717) is 16.7 Å². The molecule has 20 heavy (non-hydrogen) atoms. The van der Waals surface area contributed by atoms with Gasteiger partial charge >= 0.3 is 0 Å². The zero-order valence-electron chi connectivity index (χ0n) is 13.1. The van der Waals surface area contributed by atoms with Crippen molar-refractivity contribution >= 4 is 11.8 Å². The van der Waals surface area contributed by atoms with Crippen LogP contribution < -0.4 is 5.32 Å². The fraction of sp³-hybridized carbons (Fsp3) is 0.867. The summed E-state index contributed by atoms with van der Waals surface area (Å²) in [6, 6.07) is 0.596. The van der Waals surface area contributed by atoms with Crippen molar-refractivity contribution in [3.05, 3.63) is 6.33 Å². The van der Waals surface area contributed by atoms with E-state index in [-0.39, 0.29) is 0 Å². The number of rotatable bonds is 6. The zero-order chi connectivity index (χ0) is 14.6. The monoisotopic (exact) mass is 296 g/mol. The molecule has 114 valence electrons. The summed E-state index contributed by atoms with van der Waals surface area (Å²) >= 11 is 1.86. The van der Waals surface area contributed by atoms with Crippen molar-refractivity contribution in [2.45, 2.75) is 69.8 Å². The minimum atomic E-state index is 0.442. The minimum absolute atomic E-state index is 0.442. The van der Waals surface area contributed by atoms with Crippen molar-refractivity contribution in [3.8, 4) is 0 Å². The average molecular weight is 296 g/mol. The Bertz CT molecular complexity index is 391. The van der Waals surface area contributed by atoms with Gasteiger partial charge in [0.05, 0.1) is 0 Å². The summed E-state index contributed by atoms with van der Waals surface area (Å²) in [4.78, 5) is 4.28. The van der Waals surface area contributed by atoms with E-state index >= 15 is 0 Å². The maximum absolute atomic E-state index is 4.28. The molecular weight excluding hydrogens is 268 g/mol. The van der Waals surface area contributed by atoms with Crippen LogP contribution in [0.25, 0.3) is 0 Å². The van der Waals surface area contributed by atoms with Crippen LogP contribution in [0.4, 0.5) is 0 Å². The van der Waals surface area contributed by atoms with Gasteiger partial charge in [0.1, 0.15) is 6.33 Å². The first-order valence-corrected chi connectivity index (χ1v) is 8.70. The Morgan fingerprint density at radius 3 is 2.80 bits per heavy atom. The lowest BCUT2D eigenvalue weighted by Crippen LogP contribution is -2.45. The third-order valence-electron chi connectivity index (χ3n) is 4.93. The lowest BCUT2D eigenvalue weighted by atomic mass is 9.68. The molecule has 0 amide bonds. The zero-order valence-corrected chi connectivity index (χ0v) is 14.0. The largest absolute Gasteiger partial charge is 0.313 e. The summed E-state index contributed by atoms with van der Waals surface area (Å²) in [5, 5.41) is 12.2. The van der Waals surface area contributed by atoms with Gasteiger partial charge in [-0.2, -0.15) is 5.10 Å². The molecule has 0 spiro atoms. The molecule has 3 unspecified atom stereocenters. The van der Waals surface area contributed by atoms with E-state index in [2.05, 4.69) is 48.2 Å². The molecule has 1 saturated carbocycles. The molecule has 1 aliphatic carbocycles. The number of hydrogen-bond acceptors (Lipinski definition) is 4. The molecule has 1 aromatic rings. The molecular formula is C15H28N4S. The van der Waals surface area contributed by atoms with Gasteiger partial charge in [0, 0.05) is 11.3 Å². The highest BCUT2D eigenvalue weighted by Gasteiger charge is 2.37. The van der Waals surface area contributed by atoms with Gasteiger partial charge in [-0.25, -0.2) is 4.98 Å². The number of H-pyrrole nitrogens is 1. The van der Waals surface area contributed by atoms with Crippen LogP contribution in [0.3, 0.4) is 0 Å². The second-order valence-corrected chi connectivity index (χ2v) is 7.69. The Morgan fingerprint density at radius 2 is 2.20 bits per heavy atom. The van der Waals surface area contributed by atoms with E-state index < -0.39 is 0 Å². The highest BCUT2D eigenvalue weighted by molar-refractivity contribution is 7.99. The predicted octanol–water partition coefficient (Wildman–Crippen LogP) is 3.48. The van der Waals surface area contributed by atoms with Crippen LogP contribution in [0.1, 0.15) is 53.4 Å². The van der Waals surface area contributed by atoms with Crippen molar-refractivity contribution in [3.63, 3.8) is 0 Å². The van der Waals surface area contributed by atoms with Gasteiger partial charge in [-0.05, 0) is 37.1 Å². The Labute approximate surface area is 126 Å². The Morgan fingerprint density at radius 1 is 1.40 bits per heavy atom. The first-order valence-electron chi connectivity index (χ1n) is 7.82. The summed E-state index contributed by atoms with van der Waals surface area (Å²) in [5.41, 5.74) is 0.442. The standard InChI is InChI=1S/C15H28N4S/c1-5-15(3,4)11-7-8-12(16-6-2)13(9-11)20-14-17-10-18-19-14/h10-13,16H,5-9H2,1-4H3,(H,17,18,19). The predicted molar refractivity (Wildman–Crippen MR) is 84.9 cm³/mol. The second-order valence-electron chi connectivity index (χ2n) is 6.46. The van der Waals surface area contributed by atoms with E-state index in [0.717, 1.165) is 17.6 Å². The normalized spacial score (nSPS) is 27.7. The first-order chi connectivity index (χ1) is 9.56. The van der Waals surface area contributed by atoms with Crippen LogP contribution >= 0.6 is 11.8 Å². The molecule has 1 heterocycles. The lowest BCUT2D eigenvalue weighted by molar-refractivity contribution is 0.141. The molecule has 4 nitrogen and oxygen atoms in total. The van der Waals surface area contributed by atoms with E-state index in [4.69, 9.17) is 0 Å². The van der Waals surface area contributed by atoms with Gasteiger partial charge < -0.3 is 5.32 Å². The number of aromatic amines is 1. The molecule has 2 N–H and O–H groups in total. The molecule has 0 saturated heterocycles.